The van der Waals surface area contributed by atoms with Crippen molar-refractivity contribution in [2.24, 2.45) is 5.10 Å². The van der Waals surface area contributed by atoms with Crippen LogP contribution in [-0.2, 0) is 4.74 Å². The van der Waals surface area contributed by atoms with E-state index in [1.54, 1.807) is 29.9 Å². The third-order valence-electron chi connectivity index (χ3n) is 3.47. The molecule has 1 aromatic carbocycles. The summed E-state index contributed by atoms with van der Waals surface area (Å²) in [5.41, 5.74) is 3.45. The van der Waals surface area contributed by atoms with Gasteiger partial charge in [-0.25, -0.2) is 9.47 Å². The Morgan fingerprint density at radius 2 is 2.09 bits per heavy atom. The molecule has 1 aromatic heterocycles. The third-order valence-corrected chi connectivity index (χ3v) is 3.47. The van der Waals surface area contributed by atoms with Crippen LogP contribution >= 0.6 is 0 Å². The maximum Gasteiger partial charge on any atom is 0.340 e. The van der Waals surface area contributed by atoms with Crippen molar-refractivity contribution < 1.29 is 14.6 Å². The van der Waals surface area contributed by atoms with Crippen molar-refractivity contribution in [3.63, 3.8) is 0 Å². The summed E-state index contributed by atoms with van der Waals surface area (Å²) in [5, 5.41) is 14.4. The number of carbonyl (C=O) groups excluding carboxylic acids is 1. The van der Waals surface area contributed by atoms with Gasteiger partial charge in [-0.15, -0.1) is 0 Å². The minimum Gasteiger partial charge on any atom is -0.507 e. The molecule has 1 N–H and O–H groups in total. The topological polar surface area (TPSA) is 63.8 Å². The molecule has 116 valence electrons. The molecule has 0 radical (unpaired) electrons. The number of nitrogens with zero attached hydrogens (tertiary/aromatic N) is 2. The molecule has 0 amide bonds. The number of rotatable bonds is 4. The number of hydrogen-bond donors (Lipinski definition) is 1. The second-order valence-corrected chi connectivity index (χ2v) is 5.07. The van der Waals surface area contributed by atoms with E-state index in [9.17, 15) is 9.90 Å². The summed E-state index contributed by atoms with van der Waals surface area (Å²) in [5.74, 6) is -0.144. The Labute approximate surface area is 129 Å². The highest BCUT2D eigenvalue weighted by Crippen LogP contribution is 2.20. The van der Waals surface area contributed by atoms with E-state index in [0.29, 0.717) is 23.4 Å². The van der Waals surface area contributed by atoms with Gasteiger partial charge in [-0.2, -0.15) is 5.10 Å². The Hall–Kier alpha value is -2.56. The number of para-hydroxylation sites is 1. The van der Waals surface area contributed by atoms with E-state index in [0.717, 1.165) is 11.3 Å². The number of carbonyl (C=O) groups is 1. The summed E-state index contributed by atoms with van der Waals surface area (Å²) in [6.45, 7) is 7.62. The van der Waals surface area contributed by atoms with Crippen molar-refractivity contribution in [1.29, 1.82) is 0 Å². The number of aromatic hydroxyl groups is 1. The summed E-state index contributed by atoms with van der Waals surface area (Å²) >= 11 is 0. The van der Waals surface area contributed by atoms with E-state index in [2.05, 4.69) is 5.10 Å². The molecule has 1 heterocycles. The van der Waals surface area contributed by atoms with Crippen LogP contribution in [0.4, 0.5) is 0 Å². The summed E-state index contributed by atoms with van der Waals surface area (Å²) < 4.78 is 6.69. The first-order valence-electron chi connectivity index (χ1n) is 7.14. The molecule has 5 nitrogen and oxygen atoms in total. The molecular weight excluding hydrogens is 280 g/mol. The van der Waals surface area contributed by atoms with Gasteiger partial charge in [0.2, 0.25) is 0 Å². The lowest BCUT2D eigenvalue weighted by atomic mass is 10.1. The zero-order chi connectivity index (χ0) is 16.3. The van der Waals surface area contributed by atoms with Crippen LogP contribution in [0.25, 0.3) is 0 Å². The first kappa shape index (κ1) is 15.8. The molecule has 22 heavy (non-hydrogen) atoms. The molecule has 0 aliphatic carbocycles. The van der Waals surface area contributed by atoms with Crippen LogP contribution in [0.1, 0.15) is 39.8 Å². The van der Waals surface area contributed by atoms with Gasteiger partial charge in [-0.1, -0.05) is 12.1 Å². The lowest BCUT2D eigenvalue weighted by Crippen LogP contribution is -2.06. The summed E-state index contributed by atoms with van der Waals surface area (Å²) in [7, 11) is 0. The number of ether oxygens (including phenoxy) is 1. The normalized spacial score (nSPS) is 11.1. The van der Waals surface area contributed by atoms with E-state index in [1.165, 1.54) is 0 Å². The molecule has 0 aliphatic heterocycles. The second kappa shape index (κ2) is 6.47. The zero-order valence-corrected chi connectivity index (χ0v) is 13.3. The van der Waals surface area contributed by atoms with E-state index < -0.39 is 0 Å². The smallest absolute Gasteiger partial charge is 0.340 e. The number of phenols is 1. The third kappa shape index (κ3) is 3.03. The van der Waals surface area contributed by atoms with Gasteiger partial charge in [0.25, 0.3) is 0 Å². The largest absolute Gasteiger partial charge is 0.507 e. The highest BCUT2D eigenvalue weighted by atomic mass is 16.5. The molecule has 2 rings (SSSR count). The van der Waals surface area contributed by atoms with Gasteiger partial charge >= 0.3 is 5.97 Å². The maximum absolute atomic E-state index is 11.9. The number of benzene rings is 1. The zero-order valence-electron chi connectivity index (χ0n) is 13.3. The van der Waals surface area contributed by atoms with Crippen molar-refractivity contribution in [2.45, 2.75) is 27.7 Å². The number of esters is 1. The minimum absolute atomic E-state index is 0.208. The van der Waals surface area contributed by atoms with Gasteiger partial charge in [-0.3, -0.25) is 0 Å². The first-order valence-corrected chi connectivity index (χ1v) is 7.14. The summed E-state index contributed by atoms with van der Waals surface area (Å²) in [6.07, 6.45) is 1.58. The Kier molecular flexibility index (Phi) is 4.65. The lowest BCUT2D eigenvalue weighted by molar-refractivity contribution is 0.0525. The van der Waals surface area contributed by atoms with Crippen molar-refractivity contribution in [3.05, 3.63) is 52.3 Å². The molecule has 5 heteroatoms. The predicted molar refractivity (Wildman–Crippen MR) is 85.7 cm³/mol. The monoisotopic (exact) mass is 300 g/mol. The van der Waals surface area contributed by atoms with Gasteiger partial charge in [0.15, 0.2) is 0 Å². The van der Waals surface area contributed by atoms with Crippen LogP contribution in [-0.4, -0.2) is 28.6 Å². The molecule has 0 unspecified atom stereocenters. The van der Waals surface area contributed by atoms with E-state index in [4.69, 9.17) is 4.74 Å². The van der Waals surface area contributed by atoms with Gasteiger partial charge in [-0.05, 0) is 45.4 Å². The highest BCUT2D eigenvalue weighted by molar-refractivity contribution is 5.91. The van der Waals surface area contributed by atoms with E-state index in [1.807, 2.05) is 32.9 Å². The quantitative estimate of drug-likeness (QED) is 0.696. The number of hydrogen-bond acceptors (Lipinski definition) is 4. The van der Waals surface area contributed by atoms with E-state index >= 15 is 0 Å². The van der Waals surface area contributed by atoms with Gasteiger partial charge in [0, 0.05) is 11.3 Å². The molecule has 2 aromatic rings. The van der Waals surface area contributed by atoms with Crippen LogP contribution in [0, 0.1) is 20.8 Å². The first-order chi connectivity index (χ1) is 10.5. The minimum atomic E-state index is -0.351. The average molecular weight is 300 g/mol. The van der Waals surface area contributed by atoms with Crippen molar-refractivity contribution >= 4 is 12.2 Å². The van der Waals surface area contributed by atoms with Crippen LogP contribution in [0.3, 0.4) is 0 Å². The fraction of sp³-hybridized carbons (Fsp3) is 0.294. The Morgan fingerprint density at radius 1 is 1.36 bits per heavy atom. The van der Waals surface area contributed by atoms with Gasteiger partial charge in [0.1, 0.15) is 5.75 Å². The van der Waals surface area contributed by atoms with Gasteiger partial charge in [0.05, 0.1) is 24.1 Å². The molecule has 0 fully saturated rings. The van der Waals surface area contributed by atoms with Crippen LogP contribution in [0.2, 0.25) is 0 Å². The Bertz CT molecular complexity index is 730. The molecule has 0 spiro atoms. The standard InChI is InChI=1S/C17H20N2O3/c1-5-22-17(21)15-9-12(3)19(13(15)4)18-10-14-8-6-7-11(2)16(14)20/h6-10,20H,5H2,1-4H3/b18-10+. The number of aromatic nitrogens is 1. The second-order valence-electron chi connectivity index (χ2n) is 5.07. The molecule has 0 atom stereocenters. The van der Waals surface area contributed by atoms with Crippen molar-refractivity contribution in [3.8, 4) is 5.75 Å². The number of phenolic OH excluding ortho intramolecular Hbond substituents is 1. The molecule has 0 bridgehead atoms. The van der Waals surface area contributed by atoms with Crippen LogP contribution in [0.15, 0.2) is 29.4 Å². The molecule has 0 saturated carbocycles. The predicted octanol–water partition coefficient (Wildman–Crippen LogP) is 3.18. The molecule has 0 saturated heterocycles. The average Bonchev–Trinajstić information content (AvgIpc) is 2.76. The highest BCUT2D eigenvalue weighted by Gasteiger charge is 2.16. The van der Waals surface area contributed by atoms with Crippen molar-refractivity contribution in [1.82, 2.24) is 4.68 Å². The summed E-state index contributed by atoms with van der Waals surface area (Å²) in [4.78, 5) is 11.9. The van der Waals surface area contributed by atoms with Gasteiger partial charge < -0.3 is 9.84 Å². The molecular formula is C17H20N2O3. The fourth-order valence-electron chi connectivity index (χ4n) is 2.25. The van der Waals surface area contributed by atoms with Crippen LogP contribution in [0.5, 0.6) is 5.75 Å². The maximum atomic E-state index is 11.9. The Morgan fingerprint density at radius 3 is 2.77 bits per heavy atom. The van der Waals surface area contributed by atoms with E-state index in [-0.39, 0.29) is 11.7 Å². The number of aryl methyl sites for hydroxylation is 2. The lowest BCUT2D eigenvalue weighted by Gasteiger charge is -2.05. The Balaban J connectivity index is 2.36. The van der Waals surface area contributed by atoms with Crippen LogP contribution < -0.4 is 0 Å². The molecule has 0 aliphatic rings. The van der Waals surface area contributed by atoms with Crippen molar-refractivity contribution in [2.75, 3.05) is 6.61 Å². The SMILES string of the molecule is CCOC(=O)c1cc(C)n(/N=C/c2cccc(C)c2O)c1C. The summed E-state index contributed by atoms with van der Waals surface area (Å²) in [6, 6.07) is 7.22. The fourth-order valence-corrected chi connectivity index (χ4v) is 2.25.